The van der Waals surface area contributed by atoms with Gasteiger partial charge in [0.05, 0.1) is 12.1 Å². The van der Waals surface area contributed by atoms with Crippen LogP contribution in [0.1, 0.15) is 45.7 Å². The van der Waals surface area contributed by atoms with Gasteiger partial charge in [0.2, 0.25) is 5.91 Å². The summed E-state index contributed by atoms with van der Waals surface area (Å²) >= 11 is 0. The molecule has 0 unspecified atom stereocenters. The number of allylic oxidation sites excluding steroid dienone is 1. The minimum absolute atomic E-state index is 0.146. The van der Waals surface area contributed by atoms with E-state index in [0.29, 0.717) is 42.4 Å². The lowest BCUT2D eigenvalue weighted by Gasteiger charge is -2.41. The molecule has 2 aromatic carbocycles. The number of nitrogens with zero attached hydrogens (tertiary/aromatic N) is 2. The Balaban J connectivity index is 0.00000199. The average Bonchev–Trinajstić information content (AvgIpc) is 2.80. The molecule has 1 aliphatic rings. The highest BCUT2D eigenvalue weighted by molar-refractivity contribution is 5.85. The van der Waals surface area contributed by atoms with Gasteiger partial charge >= 0.3 is 0 Å². The van der Waals surface area contributed by atoms with E-state index in [2.05, 4.69) is 11.9 Å². The van der Waals surface area contributed by atoms with Crippen molar-refractivity contribution in [2.24, 2.45) is 5.73 Å². The Kier molecular flexibility index (Phi) is 8.99. The molecule has 1 saturated heterocycles. The molecule has 1 amide bonds. The summed E-state index contributed by atoms with van der Waals surface area (Å²) in [5, 5.41) is 3.32. The van der Waals surface area contributed by atoms with E-state index in [0.717, 1.165) is 11.1 Å². The Labute approximate surface area is 201 Å². The van der Waals surface area contributed by atoms with Gasteiger partial charge in [0.1, 0.15) is 17.5 Å². The number of amides is 1. The van der Waals surface area contributed by atoms with Crippen molar-refractivity contribution in [2.75, 3.05) is 25.0 Å². The third-order valence-electron chi connectivity index (χ3n) is 5.52. The number of benzene rings is 2. The minimum atomic E-state index is -0.969. The molecule has 0 atom stereocenters. The fraction of sp³-hybridized carbons (Fsp3) is 0.370. The molecule has 1 aliphatic heterocycles. The van der Waals surface area contributed by atoms with Crippen LogP contribution in [0, 0.1) is 18.6 Å². The molecule has 5 nitrogen and oxygen atoms in total. The highest BCUT2D eigenvalue weighted by Gasteiger charge is 2.32. The molecule has 0 spiro atoms. The summed E-state index contributed by atoms with van der Waals surface area (Å²) < 4.78 is 27.7. The first-order valence-corrected chi connectivity index (χ1v) is 11.5. The maximum atomic E-state index is 14.2. The van der Waals surface area contributed by atoms with Crippen LogP contribution in [0.3, 0.4) is 0 Å². The van der Waals surface area contributed by atoms with Crippen molar-refractivity contribution in [3.05, 3.63) is 83.3 Å². The summed E-state index contributed by atoms with van der Waals surface area (Å²) in [5.41, 5.74) is 8.51. The van der Waals surface area contributed by atoms with E-state index in [1.165, 1.54) is 18.2 Å². The van der Waals surface area contributed by atoms with E-state index in [9.17, 15) is 13.6 Å². The molecule has 2 aromatic rings. The number of piperazine rings is 1. The predicted molar refractivity (Wildman–Crippen MR) is 136 cm³/mol. The highest BCUT2D eigenvalue weighted by atomic mass is 19.1. The SMILES string of the molecule is C=C1CN(C(=O)C(C)(C)N)CCN1/C(Nc1ccc(C)c(F)c1)=C(\C)c1ccc(F)cc1.CC. The van der Waals surface area contributed by atoms with Gasteiger partial charge in [-0.05, 0) is 68.7 Å². The lowest BCUT2D eigenvalue weighted by Crippen LogP contribution is -2.56. The lowest BCUT2D eigenvalue weighted by molar-refractivity contribution is -0.136. The van der Waals surface area contributed by atoms with Crippen molar-refractivity contribution in [3.63, 3.8) is 0 Å². The normalized spacial score (nSPS) is 14.8. The Morgan fingerprint density at radius 3 is 2.24 bits per heavy atom. The Morgan fingerprint density at radius 1 is 1.09 bits per heavy atom. The van der Waals surface area contributed by atoms with Gasteiger partial charge in [-0.2, -0.15) is 0 Å². The number of carbonyl (C=O) groups is 1. The number of hydrogen-bond acceptors (Lipinski definition) is 4. The van der Waals surface area contributed by atoms with Gasteiger partial charge in [-0.15, -0.1) is 0 Å². The largest absolute Gasteiger partial charge is 0.341 e. The molecule has 0 saturated carbocycles. The first-order valence-electron chi connectivity index (χ1n) is 11.5. The first kappa shape index (κ1) is 27.1. The topological polar surface area (TPSA) is 61.6 Å². The van der Waals surface area contributed by atoms with Crippen molar-refractivity contribution >= 4 is 17.2 Å². The quantitative estimate of drug-likeness (QED) is 0.606. The summed E-state index contributed by atoms with van der Waals surface area (Å²) in [4.78, 5) is 16.3. The zero-order valence-electron chi connectivity index (χ0n) is 21.0. The molecule has 184 valence electrons. The van der Waals surface area contributed by atoms with Gasteiger partial charge in [-0.25, -0.2) is 8.78 Å². The van der Waals surface area contributed by atoms with Crippen molar-refractivity contribution < 1.29 is 13.6 Å². The Morgan fingerprint density at radius 2 is 1.71 bits per heavy atom. The maximum Gasteiger partial charge on any atom is 0.242 e. The zero-order chi connectivity index (χ0) is 25.6. The second-order valence-electron chi connectivity index (χ2n) is 8.74. The molecule has 0 aliphatic carbocycles. The molecule has 3 rings (SSSR count). The Bertz CT molecular complexity index is 1060. The molecule has 0 bridgehead atoms. The number of halogens is 2. The predicted octanol–water partition coefficient (Wildman–Crippen LogP) is 5.50. The number of hydrogen-bond donors (Lipinski definition) is 2. The van der Waals surface area contributed by atoms with Crippen molar-refractivity contribution in [1.82, 2.24) is 9.80 Å². The molecule has 1 heterocycles. The van der Waals surface area contributed by atoms with Crippen LogP contribution in [-0.2, 0) is 4.79 Å². The number of aryl methyl sites for hydroxylation is 1. The average molecular weight is 471 g/mol. The van der Waals surface area contributed by atoms with Gasteiger partial charge < -0.3 is 20.9 Å². The van der Waals surface area contributed by atoms with Crippen LogP contribution in [0.15, 0.2) is 60.6 Å². The fourth-order valence-corrected chi connectivity index (χ4v) is 3.62. The second kappa shape index (κ2) is 11.3. The number of anilines is 1. The molecule has 34 heavy (non-hydrogen) atoms. The van der Waals surface area contributed by atoms with E-state index in [4.69, 9.17) is 5.73 Å². The van der Waals surface area contributed by atoms with E-state index < -0.39 is 5.54 Å². The fourth-order valence-electron chi connectivity index (χ4n) is 3.62. The van der Waals surface area contributed by atoms with Gasteiger partial charge in [-0.1, -0.05) is 38.6 Å². The summed E-state index contributed by atoms with van der Waals surface area (Å²) in [6.45, 7) is 16.4. The molecular weight excluding hydrogens is 434 g/mol. The van der Waals surface area contributed by atoms with Crippen molar-refractivity contribution in [1.29, 1.82) is 0 Å². The van der Waals surface area contributed by atoms with Gasteiger partial charge in [0.25, 0.3) is 0 Å². The summed E-state index contributed by atoms with van der Waals surface area (Å²) in [6, 6.07) is 11.1. The number of nitrogens with one attached hydrogen (secondary N) is 1. The van der Waals surface area contributed by atoms with Crippen LogP contribution in [0.5, 0.6) is 0 Å². The van der Waals surface area contributed by atoms with Crippen LogP contribution in [-0.4, -0.2) is 40.9 Å². The summed E-state index contributed by atoms with van der Waals surface area (Å²) in [6.07, 6.45) is 0. The van der Waals surface area contributed by atoms with Crippen LogP contribution in [0.25, 0.3) is 5.57 Å². The zero-order valence-corrected chi connectivity index (χ0v) is 21.0. The third-order valence-corrected chi connectivity index (χ3v) is 5.52. The smallest absolute Gasteiger partial charge is 0.242 e. The third kappa shape index (κ3) is 6.44. The number of nitrogens with two attached hydrogens (primary N) is 1. The molecular formula is C27H36F2N4O. The highest BCUT2D eigenvalue weighted by Crippen LogP contribution is 2.28. The number of rotatable bonds is 5. The monoisotopic (exact) mass is 470 g/mol. The van der Waals surface area contributed by atoms with Crippen molar-refractivity contribution in [3.8, 4) is 0 Å². The van der Waals surface area contributed by atoms with Crippen LogP contribution in [0.2, 0.25) is 0 Å². The minimum Gasteiger partial charge on any atom is -0.341 e. The summed E-state index contributed by atoms with van der Waals surface area (Å²) in [7, 11) is 0. The second-order valence-corrected chi connectivity index (χ2v) is 8.74. The standard InChI is InChI=1S/C25H30F2N4O.C2H6/c1-16-6-11-21(14-22(16)27)29-23(18(3)19-7-9-20(26)10-8-19)31-13-12-30(15-17(31)2)24(32)25(4,5)28;1-2/h6-11,14,29H,2,12-13,15,28H2,1,3-5H3;1-2H3/b23-18+;. The van der Waals surface area contributed by atoms with E-state index in [1.807, 2.05) is 25.7 Å². The number of carbonyl (C=O) groups excluding carboxylic acids is 1. The van der Waals surface area contributed by atoms with Gasteiger partial charge in [0.15, 0.2) is 0 Å². The lowest BCUT2D eigenvalue weighted by atomic mass is 10.0. The molecule has 0 aromatic heterocycles. The molecule has 3 N–H and O–H groups in total. The van der Waals surface area contributed by atoms with Crippen molar-refractivity contribution in [2.45, 2.75) is 47.1 Å². The van der Waals surface area contributed by atoms with Crippen LogP contribution >= 0.6 is 0 Å². The first-order chi connectivity index (χ1) is 16.0. The van der Waals surface area contributed by atoms with Gasteiger partial charge in [-0.3, -0.25) is 4.79 Å². The van der Waals surface area contributed by atoms with Crippen LogP contribution in [0.4, 0.5) is 14.5 Å². The Hall–Kier alpha value is -3.19. The van der Waals surface area contributed by atoms with E-state index in [1.54, 1.807) is 49.9 Å². The molecule has 0 radical (unpaired) electrons. The van der Waals surface area contributed by atoms with E-state index >= 15 is 0 Å². The molecule has 7 heteroatoms. The summed E-state index contributed by atoms with van der Waals surface area (Å²) in [5.74, 6) is -0.0811. The van der Waals surface area contributed by atoms with Gasteiger partial charge in [0, 0.05) is 24.5 Å². The van der Waals surface area contributed by atoms with E-state index in [-0.39, 0.29) is 17.5 Å². The maximum absolute atomic E-state index is 14.2. The molecule has 1 fully saturated rings. The van der Waals surface area contributed by atoms with Crippen LogP contribution < -0.4 is 11.1 Å².